The third-order valence-electron chi connectivity index (χ3n) is 4.86. The number of amides is 1. The van der Waals surface area contributed by atoms with Gasteiger partial charge in [0, 0.05) is 19.0 Å². The minimum Gasteiger partial charge on any atom is -0.359 e. The summed E-state index contributed by atoms with van der Waals surface area (Å²) in [5.74, 6) is 1.12. The second-order valence-electron chi connectivity index (χ2n) is 6.62. The van der Waals surface area contributed by atoms with Gasteiger partial charge in [-0.05, 0) is 58.7 Å². The Balaban J connectivity index is 1.48. The van der Waals surface area contributed by atoms with Gasteiger partial charge in [0.2, 0.25) is 5.91 Å². The van der Waals surface area contributed by atoms with Crippen LogP contribution in [0.1, 0.15) is 62.4 Å². The molecule has 0 aliphatic carbocycles. The first kappa shape index (κ1) is 15.5. The van der Waals surface area contributed by atoms with Crippen LogP contribution in [0.5, 0.6) is 0 Å². The molecule has 1 amide bonds. The summed E-state index contributed by atoms with van der Waals surface area (Å²) in [6, 6.07) is 2.06. The van der Waals surface area contributed by atoms with Crippen molar-refractivity contribution in [3.8, 4) is 0 Å². The Labute approximate surface area is 132 Å². The van der Waals surface area contributed by atoms with Crippen LogP contribution in [-0.4, -0.2) is 47.0 Å². The van der Waals surface area contributed by atoms with Crippen molar-refractivity contribution in [3.63, 3.8) is 0 Å². The van der Waals surface area contributed by atoms with Crippen LogP contribution in [0.4, 0.5) is 0 Å². The quantitative estimate of drug-likeness (QED) is 0.839. The van der Waals surface area contributed by atoms with Gasteiger partial charge in [-0.25, -0.2) is 0 Å². The van der Waals surface area contributed by atoms with Crippen LogP contribution in [0.15, 0.2) is 10.6 Å². The number of aryl methyl sites for hydroxylation is 1. The Bertz CT molecular complexity index is 494. The minimum atomic E-state index is 0.101. The molecule has 1 atom stereocenters. The molecule has 0 bridgehead atoms. The first-order chi connectivity index (χ1) is 10.7. The molecule has 0 unspecified atom stereocenters. The zero-order chi connectivity index (χ0) is 15.4. The highest BCUT2D eigenvalue weighted by Gasteiger charge is 2.32. The zero-order valence-electron chi connectivity index (χ0n) is 13.6. The van der Waals surface area contributed by atoms with E-state index in [2.05, 4.69) is 10.1 Å². The van der Waals surface area contributed by atoms with Gasteiger partial charge in [0.05, 0.1) is 11.7 Å². The van der Waals surface area contributed by atoms with Crippen LogP contribution in [0, 0.1) is 6.92 Å². The lowest BCUT2D eigenvalue weighted by molar-refractivity contribution is -0.132. The van der Waals surface area contributed by atoms with Gasteiger partial charge in [-0.2, -0.15) is 0 Å². The molecule has 5 heteroatoms. The number of aromatic nitrogens is 1. The summed E-state index contributed by atoms with van der Waals surface area (Å²) in [6.45, 7) is 6.25. The average molecular weight is 305 g/mol. The van der Waals surface area contributed by atoms with E-state index in [1.165, 1.54) is 32.4 Å². The molecule has 3 heterocycles. The summed E-state index contributed by atoms with van der Waals surface area (Å²) in [5, 5.41) is 3.96. The normalized spacial score (nSPS) is 23.1. The van der Waals surface area contributed by atoms with Crippen molar-refractivity contribution in [2.45, 2.75) is 57.9 Å². The Hall–Kier alpha value is -1.36. The predicted molar refractivity (Wildman–Crippen MR) is 84.5 cm³/mol. The molecule has 0 radical (unpaired) electrons. The van der Waals surface area contributed by atoms with Crippen LogP contribution in [0.2, 0.25) is 0 Å². The molecule has 0 saturated carbocycles. The molecule has 3 rings (SSSR count). The Morgan fingerprint density at radius 2 is 2.09 bits per heavy atom. The van der Waals surface area contributed by atoms with Crippen molar-refractivity contribution in [3.05, 3.63) is 17.5 Å². The second kappa shape index (κ2) is 7.27. The number of hydrogen-bond acceptors (Lipinski definition) is 4. The van der Waals surface area contributed by atoms with Crippen molar-refractivity contribution in [1.29, 1.82) is 0 Å². The standard InChI is InChI=1S/C17H27N3O2/c1-14-13-16(22-18-14)15-7-5-12-20(15)17(21)8-6-11-19-9-3-2-4-10-19/h13,15H,2-12H2,1H3/t15-/m0/s1. The molecule has 1 aromatic rings. The predicted octanol–water partition coefficient (Wildman–Crippen LogP) is 2.91. The highest BCUT2D eigenvalue weighted by Crippen LogP contribution is 2.32. The van der Waals surface area contributed by atoms with Crippen molar-refractivity contribution in [1.82, 2.24) is 15.0 Å². The van der Waals surface area contributed by atoms with E-state index in [4.69, 9.17) is 4.52 Å². The highest BCUT2D eigenvalue weighted by atomic mass is 16.5. The summed E-state index contributed by atoms with van der Waals surface area (Å²) in [5.41, 5.74) is 0.888. The lowest BCUT2D eigenvalue weighted by atomic mass is 10.1. The number of rotatable bonds is 5. The molecule has 2 aliphatic rings. The molecule has 22 heavy (non-hydrogen) atoms. The van der Waals surface area contributed by atoms with Gasteiger partial charge in [-0.3, -0.25) is 4.79 Å². The lowest BCUT2D eigenvalue weighted by Crippen LogP contribution is -2.33. The SMILES string of the molecule is Cc1cc([C@@H]2CCCN2C(=O)CCCN2CCCCC2)on1. The van der Waals surface area contributed by atoms with Crippen molar-refractivity contribution in [2.24, 2.45) is 0 Å². The van der Waals surface area contributed by atoms with Crippen molar-refractivity contribution in [2.75, 3.05) is 26.2 Å². The van der Waals surface area contributed by atoms with Crippen LogP contribution in [-0.2, 0) is 4.79 Å². The van der Waals surface area contributed by atoms with Gasteiger partial charge in [0.25, 0.3) is 0 Å². The largest absolute Gasteiger partial charge is 0.359 e. The number of hydrogen-bond donors (Lipinski definition) is 0. The number of carbonyl (C=O) groups excluding carboxylic acids is 1. The first-order valence-corrected chi connectivity index (χ1v) is 8.69. The molecular formula is C17H27N3O2. The molecule has 2 fully saturated rings. The molecule has 5 nitrogen and oxygen atoms in total. The number of likely N-dealkylation sites (tertiary alicyclic amines) is 2. The maximum atomic E-state index is 12.5. The minimum absolute atomic E-state index is 0.101. The van der Waals surface area contributed by atoms with E-state index in [0.29, 0.717) is 6.42 Å². The average Bonchev–Trinajstić information content (AvgIpc) is 3.16. The summed E-state index contributed by atoms with van der Waals surface area (Å²) in [4.78, 5) is 17.0. The van der Waals surface area contributed by atoms with Crippen LogP contribution in [0.3, 0.4) is 0 Å². The zero-order valence-corrected chi connectivity index (χ0v) is 13.6. The van der Waals surface area contributed by atoms with Crippen molar-refractivity contribution < 1.29 is 9.32 Å². The van der Waals surface area contributed by atoms with Gasteiger partial charge in [-0.1, -0.05) is 11.6 Å². The highest BCUT2D eigenvalue weighted by molar-refractivity contribution is 5.76. The monoisotopic (exact) mass is 305 g/mol. The van der Waals surface area contributed by atoms with Crippen LogP contribution >= 0.6 is 0 Å². The van der Waals surface area contributed by atoms with Crippen molar-refractivity contribution >= 4 is 5.91 Å². The van der Waals surface area contributed by atoms with E-state index in [9.17, 15) is 4.79 Å². The fraction of sp³-hybridized carbons (Fsp3) is 0.765. The van der Waals surface area contributed by atoms with Gasteiger partial charge < -0.3 is 14.3 Å². The fourth-order valence-electron chi connectivity index (χ4n) is 3.68. The Kier molecular flexibility index (Phi) is 5.13. The van der Waals surface area contributed by atoms with E-state index in [0.717, 1.165) is 43.8 Å². The van der Waals surface area contributed by atoms with E-state index in [-0.39, 0.29) is 11.9 Å². The molecular weight excluding hydrogens is 278 g/mol. The number of carbonyl (C=O) groups is 1. The Morgan fingerprint density at radius 3 is 2.82 bits per heavy atom. The fourth-order valence-corrected chi connectivity index (χ4v) is 3.68. The summed E-state index contributed by atoms with van der Waals surface area (Å²) >= 11 is 0. The summed E-state index contributed by atoms with van der Waals surface area (Å²) in [6.07, 6.45) is 7.66. The van der Waals surface area contributed by atoms with Gasteiger partial charge in [0.1, 0.15) is 0 Å². The van der Waals surface area contributed by atoms with E-state index in [1.807, 2.05) is 17.9 Å². The molecule has 2 saturated heterocycles. The molecule has 1 aromatic heterocycles. The lowest BCUT2D eigenvalue weighted by Gasteiger charge is -2.27. The first-order valence-electron chi connectivity index (χ1n) is 8.69. The third kappa shape index (κ3) is 3.69. The van der Waals surface area contributed by atoms with Gasteiger partial charge in [0.15, 0.2) is 5.76 Å². The number of nitrogens with zero attached hydrogens (tertiary/aromatic N) is 3. The smallest absolute Gasteiger partial charge is 0.223 e. The van der Waals surface area contributed by atoms with E-state index in [1.54, 1.807) is 0 Å². The molecule has 122 valence electrons. The molecule has 2 aliphatic heterocycles. The van der Waals surface area contributed by atoms with E-state index < -0.39 is 0 Å². The number of piperidine rings is 1. The molecule has 0 spiro atoms. The van der Waals surface area contributed by atoms with E-state index >= 15 is 0 Å². The van der Waals surface area contributed by atoms with Gasteiger partial charge in [-0.15, -0.1) is 0 Å². The summed E-state index contributed by atoms with van der Waals surface area (Å²) in [7, 11) is 0. The molecule has 0 aromatic carbocycles. The second-order valence-corrected chi connectivity index (χ2v) is 6.62. The van der Waals surface area contributed by atoms with Gasteiger partial charge >= 0.3 is 0 Å². The molecule has 0 N–H and O–H groups in total. The maximum absolute atomic E-state index is 12.5. The maximum Gasteiger partial charge on any atom is 0.223 e. The van der Waals surface area contributed by atoms with Crippen LogP contribution < -0.4 is 0 Å². The Morgan fingerprint density at radius 1 is 1.27 bits per heavy atom. The third-order valence-corrected chi connectivity index (χ3v) is 4.86. The van der Waals surface area contributed by atoms with Crippen LogP contribution in [0.25, 0.3) is 0 Å². The topological polar surface area (TPSA) is 49.6 Å². The summed E-state index contributed by atoms with van der Waals surface area (Å²) < 4.78 is 5.38.